The first kappa shape index (κ1) is 26.5. The highest BCUT2D eigenvalue weighted by Crippen LogP contribution is 2.47. The Balaban J connectivity index is 1.52. The molecule has 0 spiro atoms. The second-order valence-corrected chi connectivity index (χ2v) is 10.8. The number of thiazole rings is 1. The first-order chi connectivity index (χ1) is 18.2. The van der Waals surface area contributed by atoms with Crippen molar-refractivity contribution in [2.75, 3.05) is 13.2 Å². The van der Waals surface area contributed by atoms with Crippen molar-refractivity contribution in [3.05, 3.63) is 41.4 Å². The number of ether oxygens (including phenoxy) is 1. The average molecular weight is 549 g/mol. The van der Waals surface area contributed by atoms with Crippen LogP contribution in [0.25, 0.3) is 16.2 Å². The quantitative estimate of drug-likeness (QED) is 0.389. The predicted octanol–water partition coefficient (Wildman–Crippen LogP) is 6.26. The first-order valence-corrected chi connectivity index (χ1v) is 13.8. The molecule has 4 bridgehead atoms. The minimum Gasteiger partial charge on any atom is -0.475 e. The maximum Gasteiger partial charge on any atom is 0.389 e. The van der Waals surface area contributed by atoms with Crippen molar-refractivity contribution >= 4 is 23.0 Å². The summed E-state index contributed by atoms with van der Waals surface area (Å²) in [6, 6.07) is -1.40. The van der Waals surface area contributed by atoms with E-state index in [1.54, 1.807) is 17.2 Å². The summed E-state index contributed by atoms with van der Waals surface area (Å²) >= 11 is 1.50. The second-order valence-electron chi connectivity index (χ2n) is 9.74. The molecule has 2 aliphatic rings. The van der Waals surface area contributed by atoms with E-state index in [9.17, 15) is 18.0 Å². The minimum atomic E-state index is -4.29. The Kier molecular flexibility index (Phi) is 7.60. The summed E-state index contributed by atoms with van der Waals surface area (Å²) in [5, 5.41) is 3.61. The maximum absolute atomic E-state index is 13.3. The smallest absolute Gasteiger partial charge is 0.389 e. The van der Waals surface area contributed by atoms with E-state index in [1.807, 2.05) is 36.7 Å². The van der Waals surface area contributed by atoms with Gasteiger partial charge in [-0.05, 0) is 46.0 Å². The van der Waals surface area contributed by atoms with Gasteiger partial charge in [0.1, 0.15) is 10.7 Å². The number of hydrogen-bond donors (Lipinski definition) is 1. The third-order valence-electron chi connectivity index (χ3n) is 6.85. The van der Waals surface area contributed by atoms with Crippen molar-refractivity contribution in [2.45, 2.75) is 76.6 Å². The summed E-state index contributed by atoms with van der Waals surface area (Å²) in [7, 11) is 0. The number of nitrogens with one attached hydrogen (secondary N) is 1. The molecule has 12 heteroatoms. The maximum atomic E-state index is 13.3. The van der Waals surface area contributed by atoms with Gasteiger partial charge in [-0.2, -0.15) is 13.2 Å². The Bertz CT molecular complexity index is 1320. The van der Waals surface area contributed by atoms with Crippen LogP contribution in [0.2, 0.25) is 0 Å². The summed E-state index contributed by atoms with van der Waals surface area (Å²) in [6.45, 7) is 4.48. The van der Waals surface area contributed by atoms with Crippen LogP contribution in [0.4, 0.5) is 18.0 Å². The molecule has 2 unspecified atom stereocenters. The normalized spacial score (nSPS) is 22.1. The van der Waals surface area contributed by atoms with Crippen LogP contribution in [0.5, 0.6) is 5.88 Å². The monoisotopic (exact) mass is 548 g/mol. The lowest BCUT2D eigenvalue weighted by Crippen LogP contribution is -2.46. The van der Waals surface area contributed by atoms with Crippen LogP contribution in [0, 0.1) is 0 Å². The molecule has 204 valence electrons. The topological polar surface area (TPSA) is 84.7 Å². The lowest BCUT2D eigenvalue weighted by atomic mass is 10.1. The number of urea groups is 1. The Labute approximate surface area is 222 Å². The molecule has 0 aromatic carbocycles. The van der Waals surface area contributed by atoms with Gasteiger partial charge in [-0.1, -0.05) is 12.2 Å². The number of hydrogen-bond acceptors (Lipinski definition) is 6. The summed E-state index contributed by atoms with van der Waals surface area (Å²) < 4.78 is 46.8. The van der Waals surface area contributed by atoms with E-state index in [1.165, 1.54) is 11.3 Å². The van der Waals surface area contributed by atoms with Crippen LogP contribution in [0.1, 0.15) is 75.0 Å². The van der Waals surface area contributed by atoms with Gasteiger partial charge in [0.2, 0.25) is 5.65 Å². The third-order valence-corrected chi connectivity index (χ3v) is 8.11. The zero-order valence-corrected chi connectivity index (χ0v) is 22.2. The molecular weight excluding hydrogens is 517 g/mol. The Morgan fingerprint density at radius 3 is 2.79 bits per heavy atom. The second kappa shape index (κ2) is 10.9. The van der Waals surface area contributed by atoms with Crippen LogP contribution in [-0.4, -0.2) is 55.7 Å². The summed E-state index contributed by atoms with van der Waals surface area (Å²) in [5.41, 5.74) is 2.32. The van der Waals surface area contributed by atoms with E-state index >= 15 is 0 Å². The fourth-order valence-corrected chi connectivity index (χ4v) is 5.80. The van der Waals surface area contributed by atoms with E-state index in [0.717, 1.165) is 34.1 Å². The van der Waals surface area contributed by atoms with Crippen molar-refractivity contribution < 1.29 is 22.7 Å². The Morgan fingerprint density at radius 2 is 2.05 bits per heavy atom. The summed E-state index contributed by atoms with van der Waals surface area (Å²) in [6.07, 6.45) is 6.61. The van der Waals surface area contributed by atoms with Crippen LogP contribution in [0.15, 0.2) is 30.7 Å². The largest absolute Gasteiger partial charge is 0.475 e. The van der Waals surface area contributed by atoms with E-state index < -0.39 is 24.7 Å². The molecule has 38 heavy (non-hydrogen) atoms. The zero-order valence-electron chi connectivity index (χ0n) is 21.4. The minimum absolute atomic E-state index is 0.192. The predicted molar refractivity (Wildman–Crippen MR) is 138 cm³/mol. The standard InChI is InChI=1S/C26H31F3N6O2S/c1-3-35-16(2)24-33-20(17-8-9-17)21(38-24)19-15-34-13-12-30-22(34)23(32-19)37-14-6-4-5-7-18(31-25(35)36)10-11-26(27,28)29/h4-5,12-13,15-18H,3,6-11,14H2,1-2H3,(H,31,36)/b5-4+. The SMILES string of the molecule is CCN1C(=O)NC(CCC(F)(F)F)C/C=C/CCOc2nc(cn3ccnc23)-c2sc(nc2C2CC2)C1C. The van der Waals surface area contributed by atoms with Gasteiger partial charge in [0.05, 0.1) is 23.2 Å². The van der Waals surface area contributed by atoms with Crippen molar-refractivity contribution in [3.63, 3.8) is 0 Å². The number of carbonyl (C=O) groups excluding carboxylic acids is 1. The van der Waals surface area contributed by atoms with E-state index in [4.69, 9.17) is 14.7 Å². The number of alkyl halides is 3. The van der Waals surface area contributed by atoms with Gasteiger partial charge >= 0.3 is 12.2 Å². The van der Waals surface area contributed by atoms with Crippen LogP contribution in [-0.2, 0) is 0 Å². The van der Waals surface area contributed by atoms with E-state index in [2.05, 4.69) is 10.3 Å². The average Bonchev–Trinajstić information content (AvgIpc) is 3.43. The van der Waals surface area contributed by atoms with E-state index in [0.29, 0.717) is 43.4 Å². The molecule has 3 aromatic rings. The Hall–Kier alpha value is -3.15. The van der Waals surface area contributed by atoms with Crippen molar-refractivity contribution in [2.24, 2.45) is 0 Å². The van der Waals surface area contributed by atoms with Gasteiger partial charge in [0.15, 0.2) is 0 Å². The van der Waals surface area contributed by atoms with Gasteiger partial charge in [-0.3, -0.25) is 0 Å². The van der Waals surface area contributed by atoms with E-state index in [-0.39, 0.29) is 12.5 Å². The first-order valence-electron chi connectivity index (χ1n) is 13.0. The molecule has 1 saturated carbocycles. The number of halogens is 3. The fraction of sp³-hybridized carbons (Fsp3) is 0.538. The number of nitrogens with zero attached hydrogens (tertiary/aromatic N) is 5. The van der Waals surface area contributed by atoms with Crippen LogP contribution in [0.3, 0.4) is 0 Å². The molecule has 0 saturated heterocycles. The number of aromatic nitrogens is 4. The van der Waals surface area contributed by atoms with Gasteiger partial charge in [-0.15, -0.1) is 11.3 Å². The molecule has 1 fully saturated rings. The fourth-order valence-electron chi connectivity index (χ4n) is 4.63. The molecule has 5 rings (SSSR count). The number of rotatable bonds is 4. The zero-order chi connectivity index (χ0) is 26.9. The molecule has 1 N–H and O–H groups in total. The van der Waals surface area contributed by atoms with Gasteiger partial charge in [-0.25, -0.2) is 19.7 Å². The van der Waals surface area contributed by atoms with Gasteiger partial charge < -0.3 is 19.4 Å². The molecular formula is C26H31F3N6O2S. The highest BCUT2D eigenvalue weighted by molar-refractivity contribution is 7.15. The number of fused-ring (bicyclic) bond motifs is 7. The van der Waals surface area contributed by atoms with Crippen molar-refractivity contribution in [3.8, 4) is 16.5 Å². The molecule has 2 amide bonds. The number of imidazole rings is 1. The molecule has 1 aliphatic carbocycles. The van der Waals surface area contributed by atoms with Crippen LogP contribution < -0.4 is 10.1 Å². The molecule has 8 nitrogen and oxygen atoms in total. The lowest BCUT2D eigenvalue weighted by molar-refractivity contribution is -0.136. The molecule has 0 radical (unpaired) electrons. The number of amides is 2. The molecule has 4 heterocycles. The van der Waals surface area contributed by atoms with Crippen molar-refractivity contribution in [1.82, 2.24) is 29.6 Å². The molecule has 1 aliphatic heterocycles. The Morgan fingerprint density at radius 1 is 1.24 bits per heavy atom. The third kappa shape index (κ3) is 5.95. The number of carbonyl (C=O) groups is 1. The summed E-state index contributed by atoms with van der Waals surface area (Å²) in [5.74, 6) is 0.767. The molecule has 3 aromatic heterocycles. The van der Waals surface area contributed by atoms with Crippen molar-refractivity contribution in [1.29, 1.82) is 0 Å². The van der Waals surface area contributed by atoms with Gasteiger partial charge in [0.25, 0.3) is 5.88 Å². The van der Waals surface area contributed by atoms with Gasteiger partial charge in [0, 0.05) is 43.5 Å². The highest BCUT2D eigenvalue weighted by atomic mass is 32.1. The molecule has 2 atom stereocenters. The summed E-state index contributed by atoms with van der Waals surface area (Å²) in [4.78, 5) is 30.0. The lowest BCUT2D eigenvalue weighted by Gasteiger charge is -2.29. The highest BCUT2D eigenvalue weighted by Gasteiger charge is 2.34. The van der Waals surface area contributed by atoms with Crippen LogP contribution >= 0.6 is 11.3 Å².